The Morgan fingerprint density at radius 3 is 2.33 bits per heavy atom. The van der Waals surface area contributed by atoms with Gasteiger partial charge in [0, 0.05) is 5.75 Å². The highest BCUT2D eigenvalue weighted by atomic mass is 32.2. The number of alkyl carbamates (subject to hydrolysis) is 1. The van der Waals surface area contributed by atoms with E-state index < -0.39 is 17.7 Å². The van der Waals surface area contributed by atoms with Crippen molar-refractivity contribution in [3.8, 4) is 0 Å². The molecule has 0 bridgehead atoms. The number of carbonyl (C=O) groups is 2. The molecule has 0 unspecified atom stereocenters. The summed E-state index contributed by atoms with van der Waals surface area (Å²) in [4.78, 5) is 22.6. The van der Waals surface area contributed by atoms with E-state index in [9.17, 15) is 9.59 Å². The van der Waals surface area contributed by atoms with Crippen LogP contribution in [0.25, 0.3) is 0 Å². The monoisotopic (exact) mass is 251 g/mol. The van der Waals surface area contributed by atoms with Crippen molar-refractivity contribution in [1.82, 2.24) is 5.32 Å². The molecule has 0 aromatic carbocycles. The second-order valence-electron chi connectivity index (χ2n) is 3.90. The van der Waals surface area contributed by atoms with Gasteiger partial charge in [-0.2, -0.15) is 12.6 Å². The number of carbonyl (C=O) groups excluding carboxylic acids is 2. The molecule has 0 aliphatic carbocycles. The van der Waals surface area contributed by atoms with Crippen LogP contribution in [0.15, 0.2) is 0 Å². The maximum absolute atomic E-state index is 11.3. The minimum atomic E-state index is -0.599. The molecule has 0 saturated heterocycles. The van der Waals surface area contributed by atoms with Crippen molar-refractivity contribution in [2.24, 2.45) is 0 Å². The lowest BCUT2D eigenvalue weighted by atomic mass is 10.2. The third-order valence-corrected chi connectivity index (χ3v) is 2.41. The highest BCUT2D eigenvalue weighted by Gasteiger charge is 2.22. The number of ether oxygens (including phenoxy) is 1. The molecule has 0 radical (unpaired) electrons. The summed E-state index contributed by atoms with van der Waals surface area (Å²) in [5.74, 6) is 0.263. The fourth-order valence-electron chi connectivity index (χ4n) is 0.771. The number of thioether (sulfide) groups is 1. The van der Waals surface area contributed by atoms with Crippen LogP contribution < -0.4 is 5.32 Å². The van der Waals surface area contributed by atoms with Crippen LogP contribution >= 0.6 is 24.4 Å². The van der Waals surface area contributed by atoms with Crippen molar-refractivity contribution >= 4 is 35.6 Å². The smallest absolute Gasteiger partial charge is 0.408 e. The molecule has 6 heteroatoms. The zero-order chi connectivity index (χ0) is 12.1. The van der Waals surface area contributed by atoms with Crippen LogP contribution in [0.5, 0.6) is 0 Å². The van der Waals surface area contributed by atoms with Gasteiger partial charge < -0.3 is 10.1 Å². The molecule has 0 heterocycles. The summed E-state index contributed by atoms with van der Waals surface area (Å²) < 4.78 is 5.02. The van der Waals surface area contributed by atoms with Crippen molar-refractivity contribution in [2.45, 2.75) is 32.4 Å². The molecule has 0 rings (SSSR count). The van der Waals surface area contributed by atoms with Crippen molar-refractivity contribution in [3.63, 3.8) is 0 Å². The second-order valence-corrected chi connectivity index (χ2v) is 5.08. The van der Waals surface area contributed by atoms with Gasteiger partial charge in [-0.3, -0.25) is 4.79 Å². The molecule has 0 spiro atoms. The van der Waals surface area contributed by atoms with Gasteiger partial charge in [-0.25, -0.2) is 4.79 Å². The Hall–Kier alpha value is -0.360. The van der Waals surface area contributed by atoms with Gasteiger partial charge in [0.1, 0.15) is 11.6 Å². The number of nitrogens with one attached hydrogen (secondary N) is 1. The van der Waals surface area contributed by atoms with Crippen LogP contribution in [0.3, 0.4) is 0 Å². The van der Waals surface area contributed by atoms with E-state index >= 15 is 0 Å². The van der Waals surface area contributed by atoms with Gasteiger partial charge in [0.15, 0.2) is 0 Å². The minimum absolute atomic E-state index is 0.129. The average molecular weight is 251 g/mol. The molecular formula is C9H17NO3S2. The topological polar surface area (TPSA) is 55.4 Å². The van der Waals surface area contributed by atoms with Gasteiger partial charge in [-0.15, -0.1) is 0 Å². The lowest BCUT2D eigenvalue weighted by molar-refractivity contribution is -0.112. The first-order chi connectivity index (χ1) is 6.80. The first kappa shape index (κ1) is 14.6. The van der Waals surface area contributed by atoms with Crippen LogP contribution in [-0.4, -0.2) is 34.9 Å². The first-order valence-electron chi connectivity index (χ1n) is 4.48. The first-order valence-corrected chi connectivity index (χ1v) is 6.34. The van der Waals surface area contributed by atoms with Crippen molar-refractivity contribution in [3.05, 3.63) is 0 Å². The molecule has 1 atom stereocenters. The number of hydrogen-bond acceptors (Lipinski definition) is 5. The average Bonchev–Trinajstić information content (AvgIpc) is 2.10. The van der Waals surface area contributed by atoms with Gasteiger partial charge in [-0.1, -0.05) is 11.8 Å². The van der Waals surface area contributed by atoms with Gasteiger partial charge >= 0.3 is 6.09 Å². The number of rotatable bonds is 3. The molecule has 1 N–H and O–H groups in total. The van der Waals surface area contributed by atoms with Crippen LogP contribution in [-0.2, 0) is 9.53 Å². The summed E-state index contributed by atoms with van der Waals surface area (Å²) in [5, 5.41) is 2.34. The summed E-state index contributed by atoms with van der Waals surface area (Å²) in [5.41, 5.74) is -0.562. The Labute approximate surface area is 99.9 Å². The van der Waals surface area contributed by atoms with Gasteiger partial charge in [-0.05, 0) is 27.0 Å². The normalized spacial score (nSPS) is 13.1. The van der Waals surface area contributed by atoms with Crippen LogP contribution in [0.1, 0.15) is 20.8 Å². The predicted molar refractivity (Wildman–Crippen MR) is 65.5 cm³/mol. The molecule has 15 heavy (non-hydrogen) atoms. The predicted octanol–water partition coefficient (Wildman–Crippen LogP) is 1.70. The fourth-order valence-corrected chi connectivity index (χ4v) is 1.58. The summed E-state index contributed by atoms with van der Waals surface area (Å²) >= 11 is 5.05. The van der Waals surface area contributed by atoms with Crippen molar-refractivity contribution in [1.29, 1.82) is 0 Å². The van der Waals surface area contributed by atoms with E-state index in [1.165, 1.54) is 0 Å². The largest absolute Gasteiger partial charge is 0.444 e. The van der Waals surface area contributed by atoms with Gasteiger partial charge in [0.25, 0.3) is 0 Å². The van der Waals surface area contributed by atoms with E-state index in [0.717, 1.165) is 11.8 Å². The zero-order valence-corrected chi connectivity index (χ0v) is 11.1. The van der Waals surface area contributed by atoms with E-state index in [2.05, 4.69) is 17.9 Å². The highest BCUT2D eigenvalue weighted by molar-refractivity contribution is 8.13. The molecule has 4 nitrogen and oxygen atoms in total. The number of hydrogen-bond donors (Lipinski definition) is 2. The molecule has 88 valence electrons. The van der Waals surface area contributed by atoms with E-state index in [1.54, 1.807) is 27.0 Å². The molecule has 0 saturated carbocycles. The lowest BCUT2D eigenvalue weighted by Gasteiger charge is -2.21. The Morgan fingerprint density at radius 2 is 2.00 bits per heavy atom. The Balaban J connectivity index is 4.20. The fraction of sp³-hybridized carbons (Fsp3) is 0.778. The highest BCUT2D eigenvalue weighted by Crippen LogP contribution is 2.08. The van der Waals surface area contributed by atoms with Crippen LogP contribution in [0.2, 0.25) is 0 Å². The minimum Gasteiger partial charge on any atom is -0.444 e. The molecule has 1 amide bonds. The molecule has 0 aromatic rings. The Bertz CT molecular complexity index is 238. The Kier molecular flexibility index (Phi) is 6.12. The molecule has 0 fully saturated rings. The molecule has 0 aliphatic heterocycles. The summed E-state index contributed by atoms with van der Waals surface area (Å²) in [6.45, 7) is 5.29. The molecule has 0 aromatic heterocycles. The third kappa shape index (κ3) is 6.67. The molecular weight excluding hydrogens is 234 g/mol. The van der Waals surface area contributed by atoms with Crippen LogP contribution in [0, 0.1) is 0 Å². The van der Waals surface area contributed by atoms with E-state index in [0.29, 0.717) is 0 Å². The maximum atomic E-state index is 11.3. The second kappa shape index (κ2) is 6.27. The van der Waals surface area contributed by atoms with E-state index in [1.807, 2.05) is 0 Å². The van der Waals surface area contributed by atoms with E-state index in [4.69, 9.17) is 4.74 Å². The SMILES string of the molecule is CSC(=O)[C@H](CS)NC(=O)OC(C)(C)C. The zero-order valence-electron chi connectivity index (χ0n) is 9.36. The van der Waals surface area contributed by atoms with Crippen LogP contribution in [0.4, 0.5) is 4.79 Å². The quantitative estimate of drug-likeness (QED) is 0.750. The van der Waals surface area contributed by atoms with E-state index in [-0.39, 0.29) is 10.9 Å². The molecule has 0 aliphatic rings. The summed E-state index contributed by atoms with van der Waals surface area (Å²) in [6.07, 6.45) is 1.07. The van der Waals surface area contributed by atoms with Gasteiger partial charge in [0.05, 0.1) is 0 Å². The van der Waals surface area contributed by atoms with Crippen molar-refractivity contribution < 1.29 is 14.3 Å². The maximum Gasteiger partial charge on any atom is 0.408 e. The van der Waals surface area contributed by atoms with Gasteiger partial charge in [0.2, 0.25) is 5.12 Å². The summed E-state index contributed by atoms with van der Waals surface area (Å²) in [7, 11) is 0. The third-order valence-electron chi connectivity index (χ3n) is 1.36. The van der Waals surface area contributed by atoms with Crippen molar-refractivity contribution in [2.75, 3.05) is 12.0 Å². The standard InChI is InChI=1S/C9H17NO3S2/c1-9(2,3)13-8(12)10-6(5-14)7(11)15-4/h6,14H,5H2,1-4H3,(H,10,12)/t6-/m0/s1. The summed E-state index contributed by atoms with van der Waals surface area (Å²) in [6, 6.07) is -0.599. The number of amides is 1. The Morgan fingerprint density at radius 1 is 1.47 bits per heavy atom. The number of thiol groups is 1. The lowest BCUT2D eigenvalue weighted by Crippen LogP contribution is -2.43.